The molecule has 0 saturated heterocycles. The van der Waals surface area contributed by atoms with Gasteiger partial charge in [-0.2, -0.15) is 0 Å². The fraction of sp³-hybridized carbons (Fsp3) is 0.898. The second-order valence-electron chi connectivity index (χ2n) is 27.5. The van der Waals surface area contributed by atoms with Crippen molar-refractivity contribution in [1.82, 2.24) is 5.32 Å². The molecule has 3 unspecified atom stereocenters. The summed E-state index contributed by atoms with van der Waals surface area (Å²) in [7, 11) is 1.49. The van der Waals surface area contributed by atoms with Gasteiger partial charge in [-0.15, -0.1) is 0 Å². The minimum atomic E-state index is -0.386. The number of hydrogen-bond donors (Lipinski definition) is 1. The average molecular weight is 882 g/mol. The number of methoxy groups -OCH3 is 1. The Morgan fingerprint density at radius 3 is 2.20 bits per heavy atom. The van der Waals surface area contributed by atoms with Crippen LogP contribution in [0, 0.1) is 103 Å². The zero-order valence-corrected chi connectivity index (χ0v) is 43.3. The van der Waals surface area contributed by atoms with E-state index in [9.17, 15) is 4.79 Å². The molecule has 64 heavy (non-hydrogen) atoms. The largest absolute Gasteiger partial charge is 0.462 e. The summed E-state index contributed by atoms with van der Waals surface area (Å²) >= 11 is 0. The van der Waals surface area contributed by atoms with E-state index in [-0.39, 0.29) is 56.7 Å². The van der Waals surface area contributed by atoms with Crippen LogP contribution in [0.1, 0.15) is 211 Å². The highest BCUT2D eigenvalue weighted by Gasteiger charge is 2.72. The highest BCUT2D eigenvalue weighted by Crippen LogP contribution is 2.78. The quantitative estimate of drug-likeness (QED) is 0.185. The van der Waals surface area contributed by atoms with Gasteiger partial charge >= 0.3 is 12.1 Å². The first-order valence-corrected chi connectivity index (χ1v) is 27.5. The van der Waals surface area contributed by atoms with Gasteiger partial charge in [-0.1, -0.05) is 112 Å². The zero-order chi connectivity index (χ0) is 46.0. The number of allylic oxidation sites excluding steroid dienone is 2. The lowest BCUT2D eigenvalue weighted by Crippen LogP contribution is -2.68. The molecule has 5 heteroatoms. The molecule has 0 spiro atoms. The lowest BCUT2D eigenvalue weighted by atomic mass is 9.32. The van der Waals surface area contributed by atoms with Crippen molar-refractivity contribution < 1.29 is 19.1 Å². The van der Waals surface area contributed by atoms with Gasteiger partial charge in [0.25, 0.3) is 0 Å². The number of esters is 1. The topological polar surface area (TPSA) is 64.6 Å². The van der Waals surface area contributed by atoms with E-state index < -0.39 is 0 Å². The fourth-order valence-electron chi connectivity index (χ4n) is 21.0. The maximum absolute atomic E-state index is 15.3. The molecule has 0 aromatic rings. The molecular formula is C59H95NO4. The number of carbonyl (C=O) groups excluding carboxylic acids is 2. The molecule has 8 fully saturated rings. The molecule has 0 bridgehead atoms. The molecule has 9 rings (SSSR count). The Kier molecular flexibility index (Phi) is 12.1. The monoisotopic (exact) mass is 882 g/mol. The lowest BCUT2D eigenvalue weighted by molar-refractivity contribution is -0.241. The molecule has 5 nitrogen and oxygen atoms in total. The van der Waals surface area contributed by atoms with Crippen molar-refractivity contribution in [1.29, 1.82) is 0 Å². The number of ether oxygens (including phenoxy) is 2. The van der Waals surface area contributed by atoms with Gasteiger partial charge in [-0.3, -0.25) is 4.79 Å². The number of hydrogen-bond acceptors (Lipinski definition) is 4. The van der Waals surface area contributed by atoms with E-state index in [0.29, 0.717) is 35.0 Å². The maximum atomic E-state index is 15.3. The van der Waals surface area contributed by atoms with Gasteiger partial charge in [0.05, 0.1) is 12.5 Å². The lowest BCUT2D eigenvalue weighted by Gasteiger charge is -2.73. The Morgan fingerprint density at radius 2 is 1.48 bits per heavy atom. The van der Waals surface area contributed by atoms with E-state index in [1.54, 1.807) is 5.57 Å². The summed E-state index contributed by atoms with van der Waals surface area (Å²) in [6.45, 7) is 32.5. The zero-order valence-electron chi connectivity index (χ0n) is 43.3. The summed E-state index contributed by atoms with van der Waals surface area (Å²) in [5.74, 6) is 7.63. The van der Waals surface area contributed by atoms with E-state index in [4.69, 9.17) is 9.47 Å². The van der Waals surface area contributed by atoms with E-state index in [1.165, 1.54) is 96.2 Å². The fourth-order valence-corrected chi connectivity index (χ4v) is 21.0. The second kappa shape index (κ2) is 16.4. The first-order chi connectivity index (χ1) is 30.1. The third kappa shape index (κ3) is 6.88. The summed E-state index contributed by atoms with van der Waals surface area (Å²) < 4.78 is 12.1. The summed E-state index contributed by atoms with van der Waals surface area (Å²) in [4.78, 5) is 27.8. The van der Waals surface area contributed by atoms with Crippen molar-refractivity contribution in [2.75, 3.05) is 7.11 Å². The Hall–Kier alpha value is -1.78. The average Bonchev–Trinajstić information content (AvgIpc) is 3.81. The Balaban J connectivity index is 0.905. The van der Waals surface area contributed by atoms with E-state index in [0.717, 1.165) is 86.9 Å². The van der Waals surface area contributed by atoms with Crippen molar-refractivity contribution in [2.45, 2.75) is 223 Å². The summed E-state index contributed by atoms with van der Waals surface area (Å²) in [5, 5.41) is 3.26. The highest BCUT2D eigenvalue weighted by atomic mass is 16.5. The first kappa shape index (κ1) is 47.3. The summed E-state index contributed by atoms with van der Waals surface area (Å²) in [5.41, 5.74) is 3.91. The van der Waals surface area contributed by atoms with Gasteiger partial charge < -0.3 is 14.8 Å². The third-order valence-corrected chi connectivity index (χ3v) is 24.5. The predicted octanol–water partition coefficient (Wildman–Crippen LogP) is 15.3. The molecule has 9 aliphatic rings. The number of carbonyl (C=O) groups is 2. The minimum absolute atomic E-state index is 0.00315. The Labute approximate surface area is 392 Å². The summed E-state index contributed by atoms with van der Waals surface area (Å²) in [6.07, 6.45) is 27.9. The van der Waals surface area contributed by atoms with Crippen LogP contribution in [0.4, 0.5) is 4.79 Å². The van der Waals surface area contributed by atoms with Crippen molar-refractivity contribution >= 4 is 12.1 Å². The van der Waals surface area contributed by atoms with Gasteiger partial charge in [0.1, 0.15) is 6.10 Å². The molecule has 9 aliphatic carbocycles. The van der Waals surface area contributed by atoms with Crippen LogP contribution in [0.15, 0.2) is 23.8 Å². The van der Waals surface area contributed by atoms with Gasteiger partial charge in [-0.25, -0.2) is 4.79 Å². The van der Waals surface area contributed by atoms with E-state index in [1.807, 2.05) is 0 Å². The third-order valence-electron chi connectivity index (χ3n) is 24.5. The van der Waals surface area contributed by atoms with Gasteiger partial charge in [0.15, 0.2) is 0 Å². The number of rotatable bonds is 9. The van der Waals surface area contributed by atoms with Crippen LogP contribution in [0.5, 0.6) is 0 Å². The normalized spacial score (nSPS) is 49.3. The van der Waals surface area contributed by atoms with Gasteiger partial charge in [0, 0.05) is 12.5 Å². The first-order valence-electron chi connectivity index (χ1n) is 27.5. The van der Waals surface area contributed by atoms with E-state index in [2.05, 4.69) is 94.1 Å². The second-order valence-corrected chi connectivity index (χ2v) is 27.5. The molecule has 360 valence electrons. The molecule has 1 N–H and O–H groups in total. The molecule has 0 heterocycles. The van der Waals surface area contributed by atoms with Crippen LogP contribution >= 0.6 is 0 Å². The molecule has 1 amide bonds. The smallest absolute Gasteiger partial charge is 0.407 e. The van der Waals surface area contributed by atoms with Crippen LogP contribution in [0.2, 0.25) is 0 Å². The minimum Gasteiger partial charge on any atom is -0.462 e. The highest BCUT2D eigenvalue weighted by molar-refractivity contribution is 5.78. The van der Waals surface area contributed by atoms with Crippen molar-refractivity contribution in [3.8, 4) is 0 Å². The van der Waals surface area contributed by atoms with Crippen molar-refractivity contribution in [3.63, 3.8) is 0 Å². The van der Waals surface area contributed by atoms with Crippen LogP contribution in [-0.2, 0) is 14.3 Å². The van der Waals surface area contributed by atoms with Crippen LogP contribution < -0.4 is 5.32 Å². The number of alkyl carbamates (subject to hydrolysis) is 1. The molecule has 18 atom stereocenters. The van der Waals surface area contributed by atoms with Crippen LogP contribution in [0.3, 0.4) is 0 Å². The Bertz CT molecular complexity index is 1850. The predicted molar refractivity (Wildman–Crippen MR) is 261 cm³/mol. The van der Waals surface area contributed by atoms with Gasteiger partial charge in [0.2, 0.25) is 0 Å². The molecule has 0 radical (unpaired) electrons. The van der Waals surface area contributed by atoms with Crippen molar-refractivity contribution in [3.05, 3.63) is 23.8 Å². The SMILES string of the molecule is C=C(C)[C@@H]1CC[C@]2(C(=O)O[C@@H]3CC[C@@]4(C)C(=CC[C@H]5[C@@H]6CC[C@H]([C@H](C)CCCC(C)C)[C@@]6(C)CC[C@@H]54)C3)CC[C@]3(C)[C@H](CC[C@@H]4[C@@]5(C)CCC(NC(=O)OC)C(C)(C)C5CC[C@]43C)C12. The number of nitrogens with one attached hydrogen (secondary N) is 1. The van der Waals surface area contributed by atoms with Crippen LogP contribution in [0.25, 0.3) is 0 Å². The van der Waals surface area contributed by atoms with Crippen molar-refractivity contribution in [2.24, 2.45) is 103 Å². The molecule has 8 saturated carbocycles. The number of amides is 1. The number of fused-ring (bicyclic) bond motifs is 12. The van der Waals surface area contributed by atoms with E-state index >= 15 is 4.79 Å². The molecular weight excluding hydrogens is 787 g/mol. The molecule has 0 aromatic carbocycles. The molecule has 0 aromatic heterocycles. The maximum Gasteiger partial charge on any atom is 0.407 e. The summed E-state index contributed by atoms with van der Waals surface area (Å²) in [6, 6.07) is 0.135. The van der Waals surface area contributed by atoms with Gasteiger partial charge in [-0.05, 0) is 214 Å². The standard InChI is InChI=1S/C59H95NO4/c1-36(2)15-14-16-38(5)43-19-20-44-42-18-17-39-35-40(23-28-54(39,8)45(42)25-29-55(43,44)9)64-51(61)59-32-24-41(37(3)4)50(59)46-21-22-48-56(10)30-27-49(60-52(62)63-13)53(6,7)47(56)26-31-58(48,12)57(46,11)33-34-59/h17,36,38,40-50H,3,14-16,18-35H2,1-2,4-13H3,(H,60,62)/t38-,40-,41+,42+,43-,44+,45+,46-,47?,48-,49?,50?,54+,55-,56+,57-,58-,59+/m1/s1. The Morgan fingerprint density at radius 1 is 0.750 bits per heavy atom. The molecule has 0 aliphatic heterocycles. The van der Waals surface area contributed by atoms with Crippen LogP contribution in [-0.4, -0.2) is 31.3 Å².